The molecule has 0 unspecified atom stereocenters. The molecule has 9 heteroatoms. The predicted molar refractivity (Wildman–Crippen MR) is 121 cm³/mol. The normalized spacial score (nSPS) is 11.1. The molecule has 160 valence electrons. The van der Waals surface area contributed by atoms with Crippen LogP contribution in [0.5, 0.6) is 5.75 Å². The molecule has 0 heterocycles. The Labute approximate surface area is 181 Å². The molecular formula is C21H26N4O4S. The van der Waals surface area contributed by atoms with Crippen LogP contribution >= 0.6 is 12.0 Å². The minimum absolute atomic E-state index is 0.567. The summed E-state index contributed by atoms with van der Waals surface area (Å²) in [6.45, 7) is 9.26. The molecule has 0 bridgehead atoms. The molecule has 0 aliphatic rings. The highest BCUT2D eigenvalue weighted by atomic mass is 32.2. The van der Waals surface area contributed by atoms with Gasteiger partial charge >= 0.3 is 0 Å². The summed E-state index contributed by atoms with van der Waals surface area (Å²) in [6.07, 6.45) is 2.57. The Morgan fingerprint density at radius 2 is 1.77 bits per heavy atom. The number of benzene rings is 2. The molecule has 0 radical (unpaired) electrons. The molecule has 2 aromatic rings. The lowest BCUT2D eigenvalue weighted by atomic mass is 10.2. The van der Waals surface area contributed by atoms with E-state index in [1.54, 1.807) is 14.2 Å². The number of hydrogen-bond donors (Lipinski definition) is 0. The van der Waals surface area contributed by atoms with Crippen LogP contribution in [-0.2, 0) is 14.0 Å². The van der Waals surface area contributed by atoms with Crippen molar-refractivity contribution in [2.24, 2.45) is 15.2 Å². The maximum absolute atomic E-state index is 5.58. The Kier molecular flexibility index (Phi) is 9.69. The second-order valence-electron chi connectivity index (χ2n) is 5.76. The van der Waals surface area contributed by atoms with Crippen molar-refractivity contribution in [1.82, 2.24) is 0 Å². The van der Waals surface area contributed by atoms with E-state index in [0.717, 1.165) is 35.7 Å². The average molecular weight is 431 g/mol. The van der Waals surface area contributed by atoms with E-state index in [2.05, 4.69) is 45.4 Å². The van der Waals surface area contributed by atoms with Crippen LogP contribution in [-0.4, -0.2) is 33.7 Å². The van der Waals surface area contributed by atoms with Crippen LogP contribution < -0.4 is 9.64 Å². The van der Waals surface area contributed by atoms with Gasteiger partial charge in [-0.1, -0.05) is 6.58 Å². The summed E-state index contributed by atoms with van der Waals surface area (Å²) in [5, 5.41) is 8.69. The number of nitrogens with zero attached hydrogens (tertiary/aromatic N) is 4. The summed E-state index contributed by atoms with van der Waals surface area (Å²) in [7, 11) is 3.18. The maximum atomic E-state index is 5.58. The fourth-order valence-corrected chi connectivity index (χ4v) is 3.00. The second kappa shape index (κ2) is 12.5. The van der Waals surface area contributed by atoms with E-state index in [1.165, 1.54) is 12.7 Å². The molecule has 0 aliphatic carbocycles. The third-order valence-electron chi connectivity index (χ3n) is 4.02. The zero-order chi connectivity index (χ0) is 21.8. The lowest BCUT2D eigenvalue weighted by Crippen LogP contribution is -2.22. The summed E-state index contributed by atoms with van der Waals surface area (Å²) in [6, 6.07) is 11.1. The van der Waals surface area contributed by atoms with Gasteiger partial charge in [0.1, 0.15) is 17.7 Å². The highest BCUT2D eigenvalue weighted by molar-refractivity contribution is 7.94. The number of ether oxygens (including phenoxy) is 2. The Balaban J connectivity index is 2.32. The van der Waals surface area contributed by atoms with Crippen molar-refractivity contribution in [3.63, 3.8) is 0 Å². The Bertz CT molecular complexity index is 868. The van der Waals surface area contributed by atoms with Gasteiger partial charge in [-0.3, -0.25) is 0 Å². The van der Waals surface area contributed by atoms with Crippen LogP contribution in [0.4, 0.5) is 22.7 Å². The molecule has 0 amide bonds. The maximum Gasteiger partial charge on any atom is 0.174 e. The third-order valence-corrected chi connectivity index (χ3v) is 4.64. The topological polar surface area (TPSA) is 77.2 Å². The largest absolute Gasteiger partial charge is 0.494 e. The fraction of sp³-hybridized carbons (Fsp3) is 0.286. The molecule has 30 heavy (non-hydrogen) atoms. The van der Waals surface area contributed by atoms with Crippen LogP contribution in [0.3, 0.4) is 0 Å². The SMILES string of the molecule is C=COOSc1ccc(N=Nc2cc(OC)c(N(CC)CC)cc2N=COC)cc1. The molecule has 0 aromatic heterocycles. The lowest BCUT2D eigenvalue weighted by Gasteiger charge is -2.24. The van der Waals surface area contributed by atoms with Gasteiger partial charge < -0.3 is 19.3 Å². The van der Waals surface area contributed by atoms with Crippen molar-refractivity contribution in [2.75, 3.05) is 32.2 Å². The predicted octanol–water partition coefficient (Wildman–Crippen LogP) is 6.36. The van der Waals surface area contributed by atoms with Crippen LogP contribution in [0.25, 0.3) is 0 Å². The van der Waals surface area contributed by atoms with Crippen molar-refractivity contribution in [1.29, 1.82) is 0 Å². The molecule has 2 rings (SSSR count). The molecule has 0 aliphatic heterocycles. The van der Waals surface area contributed by atoms with Crippen molar-refractivity contribution < 1.29 is 18.7 Å². The summed E-state index contributed by atoms with van der Waals surface area (Å²) in [5.74, 6) is 0.704. The first-order chi connectivity index (χ1) is 14.7. The van der Waals surface area contributed by atoms with Gasteiger partial charge in [0.15, 0.2) is 6.40 Å². The lowest BCUT2D eigenvalue weighted by molar-refractivity contribution is -0.129. The van der Waals surface area contributed by atoms with Gasteiger partial charge in [0.25, 0.3) is 0 Å². The summed E-state index contributed by atoms with van der Waals surface area (Å²) >= 11 is 1.07. The molecule has 2 aromatic carbocycles. The number of rotatable bonds is 12. The number of anilines is 1. The molecule has 0 saturated heterocycles. The Morgan fingerprint density at radius 1 is 1.03 bits per heavy atom. The molecule has 8 nitrogen and oxygen atoms in total. The minimum Gasteiger partial charge on any atom is -0.494 e. The summed E-state index contributed by atoms with van der Waals surface area (Å²) in [4.78, 5) is 12.0. The van der Waals surface area contributed by atoms with Gasteiger partial charge in [0.05, 0.1) is 43.3 Å². The monoisotopic (exact) mass is 430 g/mol. The standard InChI is InChI=1S/C21H26N4O4S/c1-6-25(7-2)20-13-18(22-15-26-4)19(14-21(20)27-5)24-23-16-9-11-17(12-10-16)30-29-28-8-3/h8-15H,3,6-7H2,1-2,4-5H3. The quantitative estimate of drug-likeness (QED) is 0.0570. The van der Waals surface area contributed by atoms with Gasteiger partial charge in [-0.05, 0) is 44.2 Å². The van der Waals surface area contributed by atoms with Crippen LogP contribution in [0.2, 0.25) is 0 Å². The van der Waals surface area contributed by atoms with Gasteiger partial charge in [0.2, 0.25) is 0 Å². The molecule has 0 spiro atoms. The number of hydrogen-bond acceptors (Lipinski definition) is 9. The highest BCUT2D eigenvalue weighted by Crippen LogP contribution is 2.40. The molecular weight excluding hydrogens is 404 g/mol. The van der Waals surface area contributed by atoms with Gasteiger partial charge in [0, 0.05) is 24.1 Å². The van der Waals surface area contributed by atoms with Crippen molar-refractivity contribution in [2.45, 2.75) is 18.7 Å². The minimum atomic E-state index is 0.567. The fourth-order valence-electron chi connectivity index (χ4n) is 2.58. The van der Waals surface area contributed by atoms with E-state index in [1.807, 2.05) is 36.4 Å². The molecule has 0 saturated carbocycles. The van der Waals surface area contributed by atoms with Crippen LogP contribution in [0.15, 0.2) is 69.4 Å². The van der Waals surface area contributed by atoms with Crippen molar-refractivity contribution >= 4 is 41.2 Å². The van der Waals surface area contributed by atoms with Crippen molar-refractivity contribution in [3.05, 3.63) is 49.2 Å². The summed E-state index contributed by atoms with van der Waals surface area (Å²) < 4.78 is 15.4. The van der Waals surface area contributed by atoms with Crippen LogP contribution in [0.1, 0.15) is 13.8 Å². The number of methoxy groups -OCH3 is 2. The smallest absolute Gasteiger partial charge is 0.174 e. The van der Waals surface area contributed by atoms with E-state index in [-0.39, 0.29) is 0 Å². The van der Waals surface area contributed by atoms with E-state index in [9.17, 15) is 0 Å². The van der Waals surface area contributed by atoms with Gasteiger partial charge in [-0.15, -0.1) is 9.45 Å². The van der Waals surface area contributed by atoms with Gasteiger partial charge in [-0.2, -0.15) is 5.11 Å². The Morgan fingerprint density at radius 3 is 2.37 bits per heavy atom. The van der Waals surface area contributed by atoms with E-state index in [4.69, 9.17) is 13.8 Å². The average Bonchev–Trinajstić information content (AvgIpc) is 2.78. The van der Waals surface area contributed by atoms with Gasteiger partial charge in [-0.25, -0.2) is 4.99 Å². The van der Waals surface area contributed by atoms with Crippen molar-refractivity contribution in [3.8, 4) is 5.75 Å². The highest BCUT2D eigenvalue weighted by Gasteiger charge is 2.14. The molecule has 0 N–H and O–H groups in total. The Hall–Kier alpha value is -3.04. The molecule has 0 fully saturated rings. The number of aliphatic imine (C=N–C) groups is 1. The first-order valence-corrected chi connectivity index (χ1v) is 10.1. The first kappa shape index (κ1) is 23.2. The number of azo groups is 1. The zero-order valence-corrected chi connectivity index (χ0v) is 18.4. The zero-order valence-electron chi connectivity index (χ0n) is 17.6. The first-order valence-electron chi connectivity index (χ1n) is 9.31. The van der Waals surface area contributed by atoms with E-state index in [0.29, 0.717) is 22.8 Å². The van der Waals surface area contributed by atoms with E-state index < -0.39 is 0 Å². The van der Waals surface area contributed by atoms with E-state index >= 15 is 0 Å². The molecule has 0 atom stereocenters. The third kappa shape index (κ3) is 6.50. The summed E-state index contributed by atoms with van der Waals surface area (Å²) in [5.41, 5.74) is 2.81. The second-order valence-corrected chi connectivity index (χ2v) is 6.54. The van der Waals surface area contributed by atoms with Crippen LogP contribution in [0, 0.1) is 0 Å².